The smallest absolute Gasteiger partial charge is 0.289 e. The fourth-order valence-electron chi connectivity index (χ4n) is 8.94. The largest absolute Gasteiger partial charge is 0.458 e. The highest BCUT2D eigenvalue weighted by Crippen LogP contribution is 2.46. The molecule has 2 aliphatic rings. The normalized spacial score (nSPS) is 12.9. The first-order chi connectivity index (χ1) is 26.3. The van der Waals surface area contributed by atoms with Crippen molar-refractivity contribution >= 4 is 72.1 Å². The van der Waals surface area contributed by atoms with Gasteiger partial charge in [0.1, 0.15) is 11.5 Å². The molecule has 0 spiro atoms. The number of nitrogens with zero attached hydrogens (tertiary/aromatic N) is 2. The van der Waals surface area contributed by atoms with Crippen LogP contribution in [0.1, 0.15) is 0 Å². The second-order valence-electron chi connectivity index (χ2n) is 14.0. The summed E-state index contributed by atoms with van der Waals surface area (Å²) in [5.74, 6) is 1.95. The fraction of sp³-hybridized carbons (Fsp3) is 0. The molecule has 0 radical (unpaired) electrons. The summed E-state index contributed by atoms with van der Waals surface area (Å²) in [6.07, 6.45) is 0. The minimum atomic E-state index is 0.118. The molecule has 0 saturated heterocycles. The maximum absolute atomic E-state index is 7.10. The van der Waals surface area contributed by atoms with E-state index in [0.717, 1.165) is 28.4 Å². The minimum Gasteiger partial charge on any atom is -0.458 e. The van der Waals surface area contributed by atoms with Crippen LogP contribution in [0.2, 0.25) is 0 Å². The highest BCUT2D eigenvalue weighted by molar-refractivity contribution is 8.28. The van der Waals surface area contributed by atoms with Gasteiger partial charge in [0.15, 0.2) is 0 Å². The van der Waals surface area contributed by atoms with Gasteiger partial charge < -0.3 is 13.9 Å². The molecule has 8 aromatic carbocycles. The summed E-state index contributed by atoms with van der Waals surface area (Å²) in [5, 5.41) is 5.02. The molecule has 0 atom stereocenters. The summed E-state index contributed by atoms with van der Waals surface area (Å²) < 4.78 is 11.9. The molecule has 4 heterocycles. The number of rotatable bonds is 3. The summed E-state index contributed by atoms with van der Waals surface area (Å²) in [6, 6.07) is 63.9. The Bertz CT molecular complexity index is 3050. The molecule has 0 N–H and O–H groups in total. The third kappa shape index (κ3) is 4.14. The van der Waals surface area contributed by atoms with E-state index in [1.54, 1.807) is 0 Å². The molecular formula is C48H29BN2OS. The lowest BCUT2D eigenvalue weighted by Crippen LogP contribution is -2.46. The average molecular weight is 693 g/mol. The Morgan fingerprint density at radius 1 is 0.434 bits per heavy atom. The minimum absolute atomic E-state index is 0.118. The predicted octanol–water partition coefficient (Wildman–Crippen LogP) is 11.5. The van der Waals surface area contributed by atoms with Gasteiger partial charge in [0.05, 0.1) is 27.8 Å². The number of hydrogen-bond donors (Lipinski definition) is 0. The van der Waals surface area contributed by atoms with Crippen molar-refractivity contribution in [3.63, 3.8) is 0 Å². The molecule has 246 valence electrons. The number of fused-ring (bicyclic) bond motifs is 10. The van der Waals surface area contributed by atoms with E-state index in [1.807, 2.05) is 11.6 Å². The topological polar surface area (TPSA) is 19.1 Å². The van der Waals surface area contributed by atoms with Crippen LogP contribution in [-0.4, -0.2) is 15.1 Å². The van der Waals surface area contributed by atoms with Crippen molar-refractivity contribution in [2.75, 3.05) is 0 Å². The molecule has 10 aromatic rings. The summed E-state index contributed by atoms with van der Waals surface area (Å²) in [5.41, 5.74) is 14.3. The van der Waals surface area contributed by atoms with Gasteiger partial charge in [-0.1, -0.05) is 115 Å². The molecule has 0 amide bonds. The molecule has 0 aliphatic carbocycles. The molecule has 2 aliphatic heterocycles. The molecule has 0 saturated carbocycles. The van der Waals surface area contributed by atoms with Crippen molar-refractivity contribution in [2.24, 2.45) is 0 Å². The average Bonchev–Trinajstić information content (AvgIpc) is 3.74. The first kappa shape index (κ1) is 29.2. The van der Waals surface area contributed by atoms with Gasteiger partial charge in [-0.05, 0) is 82.2 Å². The van der Waals surface area contributed by atoms with Crippen LogP contribution < -0.4 is 15.7 Å². The van der Waals surface area contributed by atoms with Gasteiger partial charge in [-0.2, -0.15) is 11.6 Å². The van der Waals surface area contributed by atoms with Gasteiger partial charge in [0, 0.05) is 43.8 Å². The van der Waals surface area contributed by atoms with Gasteiger partial charge in [0.25, 0.3) is 5.99 Å². The SMILES string of the molecule is c1ccc2c(c1)SB1c3ccc(-n4c5ccccc5c5ccccc54)cc3Oc3cc(-c4ccccc4-n4c5ccccc5c5ccccc54)cc-2c31. The second kappa shape index (κ2) is 11.0. The van der Waals surface area contributed by atoms with Gasteiger partial charge in [-0.3, -0.25) is 0 Å². The van der Waals surface area contributed by atoms with Crippen molar-refractivity contribution in [3.05, 3.63) is 176 Å². The standard InChI is InChI=1S/C48H29BN2OS/c1-7-19-40(51-43-22-10-4-16-35(43)36-17-5-11-23-44(36)51)32(13-1)30-27-38-37-18-6-12-24-47(37)53-49-39-26-25-31(29-45(39)52-46(28-30)48(38)49)50-41-20-8-2-14-33(41)34-15-3-9-21-42(34)50/h1-29H. The van der Waals surface area contributed by atoms with Crippen molar-refractivity contribution in [1.29, 1.82) is 0 Å². The molecule has 0 fully saturated rings. The quantitative estimate of drug-likeness (QED) is 0.172. The molecule has 3 nitrogen and oxygen atoms in total. The Hall–Kier alpha value is -6.43. The summed E-state index contributed by atoms with van der Waals surface area (Å²) in [6.45, 7) is 0. The monoisotopic (exact) mass is 692 g/mol. The Labute approximate surface area is 310 Å². The predicted molar refractivity (Wildman–Crippen MR) is 223 cm³/mol. The lowest BCUT2D eigenvalue weighted by atomic mass is 9.57. The van der Waals surface area contributed by atoms with Crippen LogP contribution in [0.15, 0.2) is 181 Å². The Kier molecular flexibility index (Phi) is 6.08. The Morgan fingerprint density at radius 2 is 0.981 bits per heavy atom. The zero-order chi connectivity index (χ0) is 34.6. The van der Waals surface area contributed by atoms with E-state index >= 15 is 0 Å². The van der Waals surface area contributed by atoms with E-state index in [0.29, 0.717) is 0 Å². The van der Waals surface area contributed by atoms with E-state index < -0.39 is 0 Å². The highest BCUT2D eigenvalue weighted by Gasteiger charge is 2.39. The number of ether oxygens (including phenoxy) is 1. The van der Waals surface area contributed by atoms with E-state index in [4.69, 9.17) is 4.74 Å². The number of aromatic nitrogens is 2. The summed E-state index contributed by atoms with van der Waals surface area (Å²) in [7, 11) is 0. The molecule has 2 aromatic heterocycles. The van der Waals surface area contributed by atoms with Crippen molar-refractivity contribution in [1.82, 2.24) is 9.13 Å². The van der Waals surface area contributed by atoms with E-state index in [-0.39, 0.29) is 5.99 Å². The van der Waals surface area contributed by atoms with Gasteiger partial charge in [-0.15, -0.1) is 0 Å². The molecule has 53 heavy (non-hydrogen) atoms. The van der Waals surface area contributed by atoms with Crippen LogP contribution in [0.3, 0.4) is 0 Å². The van der Waals surface area contributed by atoms with E-state index in [9.17, 15) is 0 Å². The van der Waals surface area contributed by atoms with E-state index in [2.05, 4.69) is 185 Å². The van der Waals surface area contributed by atoms with Gasteiger partial charge >= 0.3 is 0 Å². The number of hydrogen-bond acceptors (Lipinski definition) is 2. The van der Waals surface area contributed by atoms with Gasteiger partial charge in [0.2, 0.25) is 0 Å². The van der Waals surface area contributed by atoms with Crippen LogP contribution in [0.25, 0.3) is 77.2 Å². The van der Waals surface area contributed by atoms with Crippen molar-refractivity contribution in [3.8, 4) is 45.1 Å². The third-order valence-corrected chi connectivity index (χ3v) is 12.5. The molecule has 5 heteroatoms. The number of para-hydroxylation sites is 5. The van der Waals surface area contributed by atoms with Crippen molar-refractivity contribution < 1.29 is 4.74 Å². The summed E-state index contributed by atoms with van der Waals surface area (Å²) >= 11 is 1.93. The summed E-state index contributed by atoms with van der Waals surface area (Å²) in [4.78, 5) is 1.29. The highest BCUT2D eigenvalue weighted by atomic mass is 32.2. The molecule has 0 unspecified atom stereocenters. The van der Waals surface area contributed by atoms with Crippen LogP contribution in [0.5, 0.6) is 11.5 Å². The molecular weight excluding hydrogens is 663 g/mol. The number of benzene rings is 8. The van der Waals surface area contributed by atoms with Crippen LogP contribution >= 0.6 is 11.6 Å². The fourth-order valence-corrected chi connectivity index (χ4v) is 10.3. The van der Waals surface area contributed by atoms with Crippen LogP contribution in [-0.2, 0) is 0 Å². The lowest BCUT2D eigenvalue weighted by molar-refractivity contribution is 0.488. The van der Waals surface area contributed by atoms with Crippen LogP contribution in [0.4, 0.5) is 0 Å². The van der Waals surface area contributed by atoms with E-state index in [1.165, 1.54) is 76.1 Å². The van der Waals surface area contributed by atoms with Crippen LogP contribution in [0, 0.1) is 0 Å². The molecule has 0 bridgehead atoms. The lowest BCUT2D eigenvalue weighted by Gasteiger charge is -2.33. The van der Waals surface area contributed by atoms with Gasteiger partial charge in [-0.25, -0.2) is 0 Å². The van der Waals surface area contributed by atoms with Crippen molar-refractivity contribution in [2.45, 2.75) is 4.90 Å². The first-order valence-corrected chi connectivity index (χ1v) is 19.0. The first-order valence-electron chi connectivity index (χ1n) is 18.1. The third-order valence-electron chi connectivity index (χ3n) is 11.2. The molecule has 12 rings (SSSR count). The maximum Gasteiger partial charge on any atom is 0.289 e. The zero-order valence-electron chi connectivity index (χ0n) is 28.5. The Morgan fingerprint density at radius 3 is 1.64 bits per heavy atom. The Balaban J connectivity index is 1.08. The zero-order valence-corrected chi connectivity index (χ0v) is 29.3. The second-order valence-corrected chi connectivity index (χ2v) is 15.2. The maximum atomic E-state index is 7.10.